The lowest BCUT2D eigenvalue weighted by Crippen LogP contribution is -2.66. The monoisotopic (exact) mass is 555 g/mol. The molecule has 0 spiro atoms. The molecule has 5 rings (SSSR count). The van der Waals surface area contributed by atoms with Gasteiger partial charge in [0.15, 0.2) is 5.78 Å². The van der Waals surface area contributed by atoms with E-state index in [4.69, 9.17) is 0 Å². The number of alkyl halides is 6. The number of fused-ring (bicyclic) bond motifs is 5. The average molecular weight is 556 g/mol. The zero-order chi connectivity index (χ0) is 28.6. The highest BCUT2D eigenvalue weighted by atomic mass is 19.4. The van der Waals surface area contributed by atoms with Crippen molar-refractivity contribution in [2.24, 2.45) is 34.5 Å². The maximum atomic E-state index is 14.4. The summed E-state index contributed by atoms with van der Waals surface area (Å²) >= 11 is 0. The molecule has 214 valence electrons. The predicted octanol–water partition coefficient (Wildman–Crippen LogP) is 7.58. The van der Waals surface area contributed by atoms with Gasteiger partial charge in [-0.1, -0.05) is 49.2 Å². The SMILES string of the molecule is Cc1ccc(C(NC(=O)[C@H]2CC[C@H]3[C@@H]4CCC5=CC(=O)CC[C@]5(C)[C@H]4CC[C@]23C)(C(F)(F)F)C(F)(F)F)cc1. The van der Waals surface area contributed by atoms with Crippen LogP contribution in [-0.4, -0.2) is 24.0 Å². The summed E-state index contributed by atoms with van der Waals surface area (Å²) in [7, 11) is 0. The maximum Gasteiger partial charge on any atom is 0.424 e. The van der Waals surface area contributed by atoms with Gasteiger partial charge < -0.3 is 5.32 Å². The molecule has 0 bridgehead atoms. The van der Waals surface area contributed by atoms with Crippen molar-refractivity contribution in [1.82, 2.24) is 5.32 Å². The number of hydrogen-bond donors (Lipinski definition) is 1. The second-order valence-corrected chi connectivity index (χ2v) is 12.7. The topological polar surface area (TPSA) is 46.2 Å². The standard InChI is InChI=1S/C30H35F6NO2/c1-17-4-6-18(7-5-17)28(29(31,32)33,30(34,35)36)37-25(39)24-11-10-22-21-9-8-19-16-20(38)12-14-26(19,2)23(21)13-15-27(22,24)3/h4-7,16,21-24H,8-15H2,1-3H3,(H,37,39)/t21-,22-,23-,24+,26-,27-/m0/s1. The molecule has 4 aliphatic carbocycles. The number of rotatable bonds is 3. The van der Waals surface area contributed by atoms with Crippen LogP contribution in [0.4, 0.5) is 26.3 Å². The number of aryl methyl sites for hydroxylation is 1. The highest BCUT2D eigenvalue weighted by molar-refractivity contribution is 5.91. The summed E-state index contributed by atoms with van der Waals surface area (Å²) in [5.41, 5.74) is -4.67. The molecule has 4 aliphatic rings. The highest BCUT2D eigenvalue weighted by Gasteiger charge is 2.73. The molecule has 1 aromatic rings. The minimum Gasteiger partial charge on any atom is -0.331 e. The molecule has 6 atom stereocenters. The Kier molecular flexibility index (Phi) is 6.58. The van der Waals surface area contributed by atoms with Crippen LogP contribution in [0, 0.1) is 41.4 Å². The zero-order valence-corrected chi connectivity index (χ0v) is 22.4. The fraction of sp³-hybridized carbons (Fsp3) is 0.667. The number of benzene rings is 1. The molecule has 3 nitrogen and oxygen atoms in total. The third-order valence-electron chi connectivity index (χ3n) is 10.9. The molecule has 1 amide bonds. The molecule has 3 saturated carbocycles. The first-order valence-electron chi connectivity index (χ1n) is 13.8. The second-order valence-electron chi connectivity index (χ2n) is 12.7. The first-order chi connectivity index (χ1) is 18.0. The summed E-state index contributed by atoms with van der Waals surface area (Å²) in [6, 6.07) is 3.97. The van der Waals surface area contributed by atoms with Crippen LogP contribution in [0.25, 0.3) is 0 Å². The third kappa shape index (κ3) is 4.16. The van der Waals surface area contributed by atoms with Crippen LogP contribution in [0.15, 0.2) is 35.9 Å². The van der Waals surface area contributed by atoms with Crippen molar-refractivity contribution in [1.29, 1.82) is 0 Å². The predicted molar refractivity (Wildman–Crippen MR) is 133 cm³/mol. The van der Waals surface area contributed by atoms with Gasteiger partial charge in [0.25, 0.3) is 5.54 Å². The summed E-state index contributed by atoms with van der Waals surface area (Å²) in [4.78, 5) is 25.6. The van der Waals surface area contributed by atoms with Crippen molar-refractivity contribution < 1.29 is 35.9 Å². The Morgan fingerprint density at radius 2 is 1.51 bits per heavy atom. The molecule has 39 heavy (non-hydrogen) atoms. The number of carbonyl (C=O) groups is 2. The lowest BCUT2D eigenvalue weighted by molar-refractivity contribution is -0.312. The number of amides is 1. The fourth-order valence-electron chi connectivity index (χ4n) is 8.77. The van der Waals surface area contributed by atoms with Crippen LogP contribution in [0.3, 0.4) is 0 Å². The van der Waals surface area contributed by atoms with Gasteiger partial charge in [-0.05, 0) is 92.1 Å². The Bertz CT molecular complexity index is 1170. The lowest BCUT2D eigenvalue weighted by Gasteiger charge is -2.58. The maximum absolute atomic E-state index is 14.4. The zero-order valence-electron chi connectivity index (χ0n) is 22.4. The molecule has 1 N–H and O–H groups in total. The summed E-state index contributed by atoms with van der Waals surface area (Å²) in [6.07, 6.45) is -4.80. The Morgan fingerprint density at radius 1 is 0.872 bits per heavy atom. The van der Waals surface area contributed by atoms with Gasteiger partial charge in [-0.2, -0.15) is 26.3 Å². The Labute approximate surface area is 224 Å². The van der Waals surface area contributed by atoms with E-state index in [9.17, 15) is 35.9 Å². The van der Waals surface area contributed by atoms with E-state index >= 15 is 0 Å². The van der Waals surface area contributed by atoms with Crippen LogP contribution in [-0.2, 0) is 15.1 Å². The molecular formula is C30H35F6NO2. The number of hydrogen-bond acceptors (Lipinski definition) is 2. The van der Waals surface area contributed by atoms with Crippen LogP contribution in [0.2, 0.25) is 0 Å². The summed E-state index contributed by atoms with van der Waals surface area (Å²) < 4.78 is 86.5. The Balaban J connectivity index is 1.46. The first kappa shape index (κ1) is 28.2. The molecule has 0 heterocycles. The molecule has 0 radical (unpaired) electrons. The number of allylic oxidation sites excluding steroid dienone is 1. The van der Waals surface area contributed by atoms with Crippen molar-refractivity contribution in [2.45, 2.75) is 90.0 Å². The van der Waals surface area contributed by atoms with Gasteiger partial charge in [-0.3, -0.25) is 9.59 Å². The Hall–Kier alpha value is -2.32. The quantitative estimate of drug-likeness (QED) is 0.391. The number of nitrogens with one attached hydrogen (secondary N) is 1. The van der Waals surface area contributed by atoms with E-state index in [-0.39, 0.29) is 29.5 Å². The fourth-order valence-corrected chi connectivity index (χ4v) is 8.77. The van der Waals surface area contributed by atoms with Crippen molar-refractivity contribution in [2.75, 3.05) is 0 Å². The van der Waals surface area contributed by atoms with Crippen LogP contribution in [0.5, 0.6) is 0 Å². The Morgan fingerprint density at radius 3 is 2.13 bits per heavy atom. The van der Waals surface area contributed by atoms with E-state index in [1.807, 2.05) is 6.92 Å². The summed E-state index contributed by atoms with van der Waals surface area (Å²) in [5, 5.41) is 1.54. The van der Waals surface area contributed by atoms with Gasteiger partial charge in [0.1, 0.15) is 0 Å². The van der Waals surface area contributed by atoms with Crippen molar-refractivity contribution in [3.05, 3.63) is 47.0 Å². The highest BCUT2D eigenvalue weighted by Crippen LogP contribution is 2.67. The summed E-state index contributed by atoms with van der Waals surface area (Å²) in [5.74, 6) is -1.43. The smallest absolute Gasteiger partial charge is 0.331 e. The van der Waals surface area contributed by atoms with Gasteiger partial charge >= 0.3 is 12.4 Å². The number of ketones is 1. The van der Waals surface area contributed by atoms with Gasteiger partial charge in [0.2, 0.25) is 5.91 Å². The normalized spacial score (nSPS) is 35.0. The van der Waals surface area contributed by atoms with E-state index in [2.05, 4.69) is 6.92 Å². The molecule has 0 unspecified atom stereocenters. The van der Waals surface area contributed by atoms with E-state index in [1.165, 1.54) is 17.7 Å². The second kappa shape index (κ2) is 9.10. The van der Waals surface area contributed by atoms with Crippen LogP contribution in [0.1, 0.15) is 76.3 Å². The first-order valence-corrected chi connectivity index (χ1v) is 13.8. The molecule has 1 aromatic carbocycles. The van der Waals surface area contributed by atoms with E-state index in [0.717, 1.165) is 37.8 Å². The lowest BCUT2D eigenvalue weighted by atomic mass is 9.47. The van der Waals surface area contributed by atoms with Crippen molar-refractivity contribution >= 4 is 11.7 Å². The van der Waals surface area contributed by atoms with E-state index in [1.54, 1.807) is 18.3 Å². The van der Waals surface area contributed by atoms with Gasteiger partial charge in [0.05, 0.1) is 0 Å². The largest absolute Gasteiger partial charge is 0.424 e. The molecular weight excluding hydrogens is 520 g/mol. The molecule has 9 heteroatoms. The van der Waals surface area contributed by atoms with E-state index < -0.39 is 40.7 Å². The minimum absolute atomic E-state index is 0.0357. The van der Waals surface area contributed by atoms with Crippen LogP contribution >= 0.6 is 0 Å². The van der Waals surface area contributed by atoms with Crippen molar-refractivity contribution in [3.63, 3.8) is 0 Å². The third-order valence-corrected chi connectivity index (χ3v) is 10.9. The molecule has 0 aromatic heterocycles. The van der Waals surface area contributed by atoms with Gasteiger partial charge in [-0.25, -0.2) is 0 Å². The molecule has 3 fully saturated rings. The molecule has 0 aliphatic heterocycles. The number of halogens is 6. The summed E-state index contributed by atoms with van der Waals surface area (Å²) in [6.45, 7) is 5.65. The van der Waals surface area contributed by atoms with Crippen LogP contribution < -0.4 is 5.32 Å². The van der Waals surface area contributed by atoms with Crippen molar-refractivity contribution in [3.8, 4) is 0 Å². The van der Waals surface area contributed by atoms with Gasteiger partial charge in [0, 0.05) is 12.3 Å². The van der Waals surface area contributed by atoms with E-state index in [0.29, 0.717) is 30.7 Å². The minimum atomic E-state index is -5.80. The number of carbonyl (C=O) groups excluding carboxylic acids is 2. The van der Waals surface area contributed by atoms with Gasteiger partial charge in [-0.15, -0.1) is 0 Å². The molecule has 0 saturated heterocycles. The average Bonchev–Trinajstić information content (AvgIpc) is 3.19.